The van der Waals surface area contributed by atoms with Gasteiger partial charge in [-0.05, 0) is 54.9 Å². The Morgan fingerprint density at radius 2 is 1.88 bits per heavy atom. The molecule has 3 N–H and O–H groups in total. The maximum Gasteiger partial charge on any atom is 0.121 e. The molecule has 0 aliphatic heterocycles. The number of hydrogen-bond acceptors (Lipinski definition) is 2. The Hall–Kier alpha value is -1.02. The van der Waals surface area contributed by atoms with Crippen LogP contribution in [0.15, 0.2) is 6.07 Å². The molecular weight excluding hydrogens is 210 g/mol. The largest absolute Gasteiger partial charge is 0.507 e. The first-order valence-electron chi connectivity index (χ1n) is 6.67. The zero-order chi connectivity index (χ0) is 12.4. The van der Waals surface area contributed by atoms with E-state index in [1.807, 2.05) is 13.8 Å². The third kappa shape index (κ3) is 2.32. The Labute approximate surface area is 104 Å². The van der Waals surface area contributed by atoms with Gasteiger partial charge in [-0.25, -0.2) is 0 Å². The molecular formula is C15H23NO. The molecule has 1 fully saturated rings. The molecule has 0 aromatic heterocycles. The molecule has 94 valence electrons. The Bertz CT molecular complexity index is 406. The molecule has 1 saturated carbocycles. The fourth-order valence-corrected chi connectivity index (χ4v) is 3.09. The zero-order valence-corrected chi connectivity index (χ0v) is 10.9. The van der Waals surface area contributed by atoms with Gasteiger partial charge in [0.25, 0.3) is 0 Å². The molecule has 0 unspecified atom stereocenters. The highest BCUT2D eigenvalue weighted by atomic mass is 16.3. The molecule has 17 heavy (non-hydrogen) atoms. The van der Waals surface area contributed by atoms with Gasteiger partial charge in [-0.1, -0.05) is 25.3 Å². The lowest BCUT2D eigenvalue weighted by Gasteiger charge is -2.26. The van der Waals surface area contributed by atoms with Crippen molar-refractivity contribution in [3.05, 3.63) is 28.3 Å². The average molecular weight is 233 g/mol. The number of nitrogens with two attached hydrogens (primary N) is 1. The zero-order valence-electron chi connectivity index (χ0n) is 10.9. The summed E-state index contributed by atoms with van der Waals surface area (Å²) in [5.74, 6) is 1.07. The van der Waals surface area contributed by atoms with E-state index < -0.39 is 0 Å². The molecule has 1 aliphatic carbocycles. The minimum atomic E-state index is 0.421. The number of phenolic OH excluding ortho intramolecular Hbond substituents is 1. The SMILES string of the molecule is Cc1cc(C2CCCCC2)c(CN)c(C)c1O. The van der Waals surface area contributed by atoms with Crippen molar-refractivity contribution in [2.75, 3.05) is 0 Å². The van der Waals surface area contributed by atoms with Gasteiger partial charge in [0.1, 0.15) is 5.75 Å². The third-order valence-electron chi connectivity index (χ3n) is 4.15. The Balaban J connectivity index is 2.44. The summed E-state index contributed by atoms with van der Waals surface area (Å²) in [5.41, 5.74) is 10.4. The maximum atomic E-state index is 9.99. The topological polar surface area (TPSA) is 46.2 Å². The van der Waals surface area contributed by atoms with Crippen LogP contribution >= 0.6 is 0 Å². The van der Waals surface area contributed by atoms with Crippen molar-refractivity contribution in [1.29, 1.82) is 0 Å². The van der Waals surface area contributed by atoms with E-state index in [-0.39, 0.29) is 0 Å². The number of phenols is 1. The molecule has 0 radical (unpaired) electrons. The Morgan fingerprint density at radius 1 is 1.24 bits per heavy atom. The van der Waals surface area contributed by atoms with E-state index in [9.17, 15) is 5.11 Å². The summed E-state index contributed by atoms with van der Waals surface area (Å²) < 4.78 is 0. The second kappa shape index (κ2) is 5.09. The fraction of sp³-hybridized carbons (Fsp3) is 0.600. The molecule has 1 aliphatic rings. The highest BCUT2D eigenvalue weighted by molar-refractivity contribution is 5.49. The highest BCUT2D eigenvalue weighted by Crippen LogP contribution is 2.38. The summed E-state index contributed by atoms with van der Waals surface area (Å²) >= 11 is 0. The number of hydrogen-bond donors (Lipinski definition) is 2. The number of rotatable bonds is 2. The first-order chi connectivity index (χ1) is 8.15. The van der Waals surface area contributed by atoms with E-state index in [0.717, 1.165) is 11.1 Å². The van der Waals surface area contributed by atoms with Gasteiger partial charge in [0, 0.05) is 6.54 Å². The van der Waals surface area contributed by atoms with E-state index in [2.05, 4.69) is 6.07 Å². The van der Waals surface area contributed by atoms with Gasteiger partial charge in [-0.15, -0.1) is 0 Å². The maximum absolute atomic E-state index is 9.99. The number of aryl methyl sites for hydroxylation is 1. The molecule has 0 saturated heterocycles. The Kier molecular flexibility index (Phi) is 3.72. The predicted molar refractivity (Wildman–Crippen MR) is 71.3 cm³/mol. The standard InChI is InChI=1S/C15H23NO/c1-10-8-13(12-6-4-3-5-7-12)14(9-16)11(2)15(10)17/h8,12,17H,3-7,9,16H2,1-2H3. The van der Waals surface area contributed by atoms with Gasteiger partial charge < -0.3 is 10.8 Å². The Morgan fingerprint density at radius 3 is 2.47 bits per heavy atom. The van der Waals surface area contributed by atoms with E-state index in [1.165, 1.54) is 43.2 Å². The predicted octanol–water partition coefficient (Wildman–Crippen LogP) is 3.52. The molecule has 1 aromatic carbocycles. The highest BCUT2D eigenvalue weighted by Gasteiger charge is 2.21. The van der Waals surface area contributed by atoms with Crippen LogP contribution in [0.1, 0.15) is 60.3 Å². The smallest absolute Gasteiger partial charge is 0.121 e. The summed E-state index contributed by atoms with van der Waals surface area (Å²) in [6.45, 7) is 4.50. The van der Waals surface area contributed by atoms with E-state index in [1.54, 1.807) is 0 Å². The minimum absolute atomic E-state index is 0.421. The lowest BCUT2D eigenvalue weighted by atomic mass is 9.80. The van der Waals surface area contributed by atoms with Crippen LogP contribution in [0.25, 0.3) is 0 Å². The number of aromatic hydroxyl groups is 1. The van der Waals surface area contributed by atoms with Crippen LogP contribution in [0, 0.1) is 13.8 Å². The van der Waals surface area contributed by atoms with E-state index in [4.69, 9.17) is 5.73 Å². The van der Waals surface area contributed by atoms with Crippen LogP contribution in [0.3, 0.4) is 0 Å². The van der Waals surface area contributed by atoms with Gasteiger partial charge in [0.2, 0.25) is 0 Å². The van der Waals surface area contributed by atoms with Crippen LogP contribution in [0.4, 0.5) is 0 Å². The van der Waals surface area contributed by atoms with E-state index >= 15 is 0 Å². The molecule has 0 bridgehead atoms. The van der Waals surface area contributed by atoms with Crippen molar-refractivity contribution in [2.24, 2.45) is 5.73 Å². The van der Waals surface area contributed by atoms with Crippen molar-refractivity contribution in [3.63, 3.8) is 0 Å². The minimum Gasteiger partial charge on any atom is -0.507 e. The third-order valence-corrected chi connectivity index (χ3v) is 4.15. The van der Waals surface area contributed by atoms with Gasteiger partial charge in [0.05, 0.1) is 0 Å². The van der Waals surface area contributed by atoms with Crippen molar-refractivity contribution in [1.82, 2.24) is 0 Å². The molecule has 2 heteroatoms. The lowest BCUT2D eigenvalue weighted by molar-refractivity contribution is 0.437. The van der Waals surface area contributed by atoms with Crippen molar-refractivity contribution in [2.45, 2.75) is 58.4 Å². The summed E-state index contributed by atoms with van der Waals surface area (Å²) in [5, 5.41) is 9.99. The van der Waals surface area contributed by atoms with Gasteiger partial charge in [0.15, 0.2) is 0 Å². The first kappa shape index (κ1) is 12.4. The second-order valence-electron chi connectivity index (χ2n) is 5.27. The van der Waals surface area contributed by atoms with Crippen molar-refractivity contribution < 1.29 is 5.11 Å². The summed E-state index contributed by atoms with van der Waals surface area (Å²) in [4.78, 5) is 0. The quantitative estimate of drug-likeness (QED) is 0.821. The molecule has 0 amide bonds. The van der Waals surface area contributed by atoms with Crippen LogP contribution in [-0.2, 0) is 6.54 Å². The van der Waals surface area contributed by atoms with Crippen molar-refractivity contribution in [3.8, 4) is 5.75 Å². The molecule has 2 nitrogen and oxygen atoms in total. The van der Waals surface area contributed by atoms with Crippen LogP contribution in [-0.4, -0.2) is 5.11 Å². The summed E-state index contributed by atoms with van der Waals surface area (Å²) in [6.07, 6.45) is 6.57. The summed E-state index contributed by atoms with van der Waals surface area (Å²) in [6, 6.07) is 2.15. The first-order valence-corrected chi connectivity index (χ1v) is 6.67. The second-order valence-corrected chi connectivity index (χ2v) is 5.27. The lowest BCUT2D eigenvalue weighted by Crippen LogP contribution is -2.12. The van der Waals surface area contributed by atoms with Crippen molar-refractivity contribution >= 4 is 0 Å². The molecule has 0 atom stereocenters. The van der Waals surface area contributed by atoms with Gasteiger partial charge >= 0.3 is 0 Å². The van der Waals surface area contributed by atoms with Crippen LogP contribution in [0.2, 0.25) is 0 Å². The molecule has 2 rings (SSSR count). The monoisotopic (exact) mass is 233 g/mol. The fourth-order valence-electron chi connectivity index (χ4n) is 3.09. The number of benzene rings is 1. The van der Waals surface area contributed by atoms with E-state index in [0.29, 0.717) is 18.2 Å². The van der Waals surface area contributed by atoms with Gasteiger partial charge in [-0.3, -0.25) is 0 Å². The summed E-state index contributed by atoms with van der Waals surface area (Å²) in [7, 11) is 0. The van der Waals surface area contributed by atoms with Crippen LogP contribution < -0.4 is 5.73 Å². The van der Waals surface area contributed by atoms with Crippen LogP contribution in [0.5, 0.6) is 5.75 Å². The molecule has 0 spiro atoms. The van der Waals surface area contributed by atoms with Gasteiger partial charge in [-0.2, -0.15) is 0 Å². The molecule has 0 heterocycles. The average Bonchev–Trinajstić information content (AvgIpc) is 2.36. The molecule has 1 aromatic rings. The normalized spacial score (nSPS) is 17.4.